The van der Waals surface area contributed by atoms with Crippen molar-refractivity contribution in [1.29, 1.82) is 0 Å². The lowest BCUT2D eigenvalue weighted by Crippen LogP contribution is -2.20. The average molecular weight is 279 g/mol. The molecule has 0 fully saturated rings. The molecule has 0 aliphatic heterocycles. The molecule has 0 bridgehead atoms. The molecule has 0 aliphatic rings. The van der Waals surface area contributed by atoms with Gasteiger partial charge in [0, 0.05) is 6.07 Å². The Bertz CT molecular complexity index is 693. The molecule has 3 aromatic rings. The molecule has 21 heavy (non-hydrogen) atoms. The minimum absolute atomic E-state index is 0.388. The van der Waals surface area contributed by atoms with E-state index in [0.29, 0.717) is 11.4 Å². The first-order valence-electron chi connectivity index (χ1n) is 6.56. The highest BCUT2D eigenvalue weighted by Crippen LogP contribution is 2.25. The molecular formula is C17H13NO3. The standard InChI is InChI=1S/C17H13NO3/c19-17(21-14-9-5-2-6-10-14)16(15-11-12-20-18-15)13-7-3-1-4-8-13/h1-12,16H. The van der Waals surface area contributed by atoms with E-state index in [-0.39, 0.29) is 5.97 Å². The van der Waals surface area contributed by atoms with Gasteiger partial charge in [-0.3, -0.25) is 4.79 Å². The van der Waals surface area contributed by atoms with Crippen LogP contribution in [-0.4, -0.2) is 11.1 Å². The second-order valence-electron chi connectivity index (χ2n) is 4.50. The van der Waals surface area contributed by atoms with Crippen LogP contribution >= 0.6 is 0 Å². The molecule has 0 amide bonds. The second-order valence-corrected chi connectivity index (χ2v) is 4.50. The highest BCUT2D eigenvalue weighted by Gasteiger charge is 2.27. The third kappa shape index (κ3) is 3.00. The second kappa shape index (κ2) is 6.05. The van der Waals surface area contributed by atoms with Gasteiger partial charge >= 0.3 is 5.97 Å². The Kier molecular flexibility index (Phi) is 3.78. The number of nitrogens with zero attached hydrogens (tertiary/aromatic N) is 1. The summed E-state index contributed by atoms with van der Waals surface area (Å²) in [6.45, 7) is 0. The van der Waals surface area contributed by atoms with E-state index in [2.05, 4.69) is 5.16 Å². The van der Waals surface area contributed by atoms with Gasteiger partial charge in [-0.1, -0.05) is 53.7 Å². The number of para-hydroxylation sites is 1. The van der Waals surface area contributed by atoms with E-state index in [1.165, 1.54) is 6.26 Å². The zero-order valence-electron chi connectivity index (χ0n) is 11.2. The predicted octanol–water partition coefficient (Wildman–Crippen LogP) is 3.41. The molecule has 1 heterocycles. The van der Waals surface area contributed by atoms with Crippen LogP contribution in [-0.2, 0) is 4.79 Å². The molecule has 4 nitrogen and oxygen atoms in total. The van der Waals surface area contributed by atoms with Gasteiger partial charge in [0.15, 0.2) is 0 Å². The van der Waals surface area contributed by atoms with Gasteiger partial charge in [-0.15, -0.1) is 0 Å². The highest BCUT2D eigenvalue weighted by atomic mass is 16.5. The maximum absolute atomic E-state index is 12.5. The Hall–Kier alpha value is -2.88. The van der Waals surface area contributed by atoms with Crippen LogP contribution in [0, 0.1) is 0 Å². The number of hydrogen-bond acceptors (Lipinski definition) is 4. The van der Waals surface area contributed by atoms with Crippen LogP contribution in [0.3, 0.4) is 0 Å². The molecule has 0 aliphatic carbocycles. The first-order chi connectivity index (χ1) is 10.3. The van der Waals surface area contributed by atoms with Crippen LogP contribution in [0.25, 0.3) is 0 Å². The molecule has 0 N–H and O–H groups in total. The van der Waals surface area contributed by atoms with E-state index in [0.717, 1.165) is 5.56 Å². The molecule has 1 aromatic heterocycles. The number of carbonyl (C=O) groups excluding carboxylic acids is 1. The first kappa shape index (κ1) is 13.1. The number of esters is 1. The molecule has 2 aromatic carbocycles. The summed E-state index contributed by atoms with van der Waals surface area (Å²) in [6, 6.07) is 20.0. The van der Waals surface area contributed by atoms with Crippen molar-refractivity contribution in [2.45, 2.75) is 5.92 Å². The Balaban J connectivity index is 1.91. The van der Waals surface area contributed by atoms with Gasteiger partial charge in [0.2, 0.25) is 0 Å². The smallest absolute Gasteiger partial charge is 0.325 e. The molecule has 0 spiro atoms. The minimum atomic E-state index is -0.606. The Morgan fingerprint density at radius 3 is 2.24 bits per heavy atom. The molecule has 1 unspecified atom stereocenters. The third-order valence-electron chi connectivity index (χ3n) is 3.08. The van der Waals surface area contributed by atoms with Crippen LogP contribution in [0.1, 0.15) is 17.2 Å². The van der Waals surface area contributed by atoms with E-state index in [4.69, 9.17) is 9.26 Å². The fourth-order valence-electron chi connectivity index (χ4n) is 2.11. The van der Waals surface area contributed by atoms with Crippen molar-refractivity contribution >= 4 is 5.97 Å². The summed E-state index contributed by atoms with van der Waals surface area (Å²) in [6.07, 6.45) is 1.45. The molecule has 3 rings (SSSR count). The van der Waals surface area contributed by atoms with Crippen LogP contribution in [0.5, 0.6) is 5.75 Å². The average Bonchev–Trinajstić information content (AvgIpc) is 3.03. The van der Waals surface area contributed by atoms with E-state index >= 15 is 0 Å². The van der Waals surface area contributed by atoms with Crippen LogP contribution < -0.4 is 4.74 Å². The highest BCUT2D eigenvalue weighted by molar-refractivity contribution is 5.83. The topological polar surface area (TPSA) is 52.3 Å². The minimum Gasteiger partial charge on any atom is -0.426 e. The molecule has 104 valence electrons. The van der Waals surface area contributed by atoms with Crippen LogP contribution in [0.4, 0.5) is 0 Å². The third-order valence-corrected chi connectivity index (χ3v) is 3.08. The monoisotopic (exact) mass is 279 g/mol. The lowest BCUT2D eigenvalue weighted by molar-refractivity contribution is -0.135. The van der Waals surface area contributed by atoms with Crippen molar-refractivity contribution in [3.8, 4) is 5.75 Å². The van der Waals surface area contributed by atoms with Crippen molar-refractivity contribution < 1.29 is 14.1 Å². The Labute approximate surface area is 122 Å². The summed E-state index contributed by atoms with van der Waals surface area (Å²) in [5, 5.41) is 3.88. The zero-order chi connectivity index (χ0) is 14.5. The van der Waals surface area contributed by atoms with Crippen molar-refractivity contribution in [2.24, 2.45) is 0 Å². The van der Waals surface area contributed by atoms with Gasteiger partial charge in [-0.2, -0.15) is 0 Å². The van der Waals surface area contributed by atoms with E-state index in [9.17, 15) is 4.79 Å². The van der Waals surface area contributed by atoms with Gasteiger partial charge in [0.05, 0.1) is 0 Å². The fourth-order valence-corrected chi connectivity index (χ4v) is 2.11. The van der Waals surface area contributed by atoms with E-state index in [1.54, 1.807) is 18.2 Å². The Morgan fingerprint density at radius 1 is 0.952 bits per heavy atom. The van der Waals surface area contributed by atoms with Gasteiger partial charge in [0.25, 0.3) is 0 Å². The van der Waals surface area contributed by atoms with Crippen molar-refractivity contribution in [3.63, 3.8) is 0 Å². The predicted molar refractivity (Wildman–Crippen MR) is 76.9 cm³/mol. The maximum atomic E-state index is 12.5. The van der Waals surface area contributed by atoms with Gasteiger partial charge in [-0.25, -0.2) is 0 Å². The summed E-state index contributed by atoms with van der Waals surface area (Å²) in [5.74, 6) is -0.488. The molecule has 0 saturated carbocycles. The maximum Gasteiger partial charge on any atom is 0.325 e. The fraction of sp³-hybridized carbons (Fsp3) is 0.0588. The van der Waals surface area contributed by atoms with Crippen molar-refractivity contribution in [2.75, 3.05) is 0 Å². The number of carbonyl (C=O) groups is 1. The quantitative estimate of drug-likeness (QED) is 0.542. The molecule has 4 heteroatoms. The number of hydrogen-bond donors (Lipinski definition) is 0. The van der Waals surface area contributed by atoms with Crippen LogP contribution in [0.15, 0.2) is 77.5 Å². The molecule has 0 saturated heterocycles. The molecule has 1 atom stereocenters. The van der Waals surface area contributed by atoms with Gasteiger partial charge < -0.3 is 9.26 Å². The summed E-state index contributed by atoms with van der Waals surface area (Å²) in [4.78, 5) is 12.5. The normalized spacial score (nSPS) is 11.8. The summed E-state index contributed by atoms with van der Waals surface area (Å²) >= 11 is 0. The molecule has 0 radical (unpaired) electrons. The van der Waals surface area contributed by atoms with Gasteiger partial charge in [0.1, 0.15) is 23.6 Å². The summed E-state index contributed by atoms with van der Waals surface area (Å²) < 4.78 is 10.3. The van der Waals surface area contributed by atoms with Crippen LogP contribution in [0.2, 0.25) is 0 Å². The van der Waals surface area contributed by atoms with E-state index < -0.39 is 5.92 Å². The first-order valence-corrected chi connectivity index (χ1v) is 6.56. The van der Waals surface area contributed by atoms with Crippen molar-refractivity contribution in [3.05, 3.63) is 84.3 Å². The number of benzene rings is 2. The lowest BCUT2D eigenvalue weighted by Gasteiger charge is -2.13. The largest absolute Gasteiger partial charge is 0.426 e. The summed E-state index contributed by atoms with van der Waals surface area (Å²) in [5.41, 5.74) is 1.34. The SMILES string of the molecule is O=C(Oc1ccccc1)C(c1ccccc1)c1ccon1. The van der Waals surface area contributed by atoms with Crippen molar-refractivity contribution in [1.82, 2.24) is 5.16 Å². The zero-order valence-corrected chi connectivity index (χ0v) is 11.2. The summed E-state index contributed by atoms with van der Waals surface area (Å²) in [7, 11) is 0. The lowest BCUT2D eigenvalue weighted by atomic mass is 9.96. The number of rotatable bonds is 4. The number of ether oxygens (including phenoxy) is 1. The molecular weight excluding hydrogens is 266 g/mol. The number of aromatic nitrogens is 1. The van der Waals surface area contributed by atoms with E-state index in [1.807, 2.05) is 48.5 Å². The Morgan fingerprint density at radius 2 is 1.62 bits per heavy atom. The van der Waals surface area contributed by atoms with Gasteiger partial charge in [-0.05, 0) is 17.7 Å².